The zero-order valence-corrected chi connectivity index (χ0v) is 4.70. The maximum absolute atomic E-state index is 5.32. The Kier molecular flexibility index (Phi) is 1.52. The fourth-order valence-corrected chi connectivity index (χ4v) is 0.479. The number of hydrogen-bond acceptors (Lipinski definition) is 5. The Morgan fingerprint density at radius 3 is 2.89 bits per heavy atom. The van der Waals surface area contributed by atoms with Crippen LogP contribution in [0.2, 0.25) is 0 Å². The zero-order chi connectivity index (χ0) is 6.69. The van der Waals surface area contributed by atoms with E-state index in [0.717, 1.165) is 0 Å². The Balaban J connectivity index is 2.69. The van der Waals surface area contributed by atoms with Gasteiger partial charge in [0.25, 0.3) is 0 Å². The van der Waals surface area contributed by atoms with Gasteiger partial charge >= 0.3 is 0 Å². The van der Waals surface area contributed by atoms with Gasteiger partial charge in [-0.15, -0.1) is 0 Å². The summed E-state index contributed by atoms with van der Waals surface area (Å²) in [5, 5.41) is 0. The number of imidazole rings is 1. The standard InChI is InChI=1S/C3H8N6/c4-3-6-1-2-9(3)8-7-5/h1-2,7-8H,5H2,(H2,4,6). The van der Waals surface area contributed by atoms with Crippen LogP contribution in [-0.4, -0.2) is 9.66 Å². The molecule has 1 heterocycles. The largest absolute Gasteiger partial charge is 0.368 e. The normalized spacial score (nSPS) is 9.44. The maximum atomic E-state index is 5.32. The third-order valence-electron chi connectivity index (χ3n) is 0.854. The summed E-state index contributed by atoms with van der Waals surface area (Å²) in [6.45, 7) is 0. The molecule has 0 amide bonds. The van der Waals surface area contributed by atoms with E-state index < -0.39 is 0 Å². The molecule has 0 spiro atoms. The van der Waals surface area contributed by atoms with Crippen molar-refractivity contribution in [2.24, 2.45) is 5.84 Å². The predicted octanol–water partition coefficient (Wildman–Crippen LogP) is -1.61. The van der Waals surface area contributed by atoms with Gasteiger partial charge in [-0.3, -0.25) is 5.84 Å². The second-order valence-corrected chi connectivity index (χ2v) is 1.41. The number of aromatic nitrogens is 2. The number of hydrazine groups is 2. The van der Waals surface area contributed by atoms with Crippen molar-refractivity contribution in [3.63, 3.8) is 0 Å². The first-order valence-electron chi connectivity index (χ1n) is 2.35. The average molecular weight is 128 g/mol. The first kappa shape index (κ1) is 5.86. The van der Waals surface area contributed by atoms with Gasteiger partial charge in [-0.1, -0.05) is 0 Å². The molecule has 9 heavy (non-hydrogen) atoms. The molecule has 0 bridgehead atoms. The molecule has 1 aromatic rings. The average Bonchev–Trinajstić information content (AvgIpc) is 2.18. The zero-order valence-electron chi connectivity index (χ0n) is 4.70. The van der Waals surface area contributed by atoms with E-state index in [1.165, 1.54) is 4.68 Å². The lowest BCUT2D eigenvalue weighted by Crippen LogP contribution is -2.36. The van der Waals surface area contributed by atoms with Crippen LogP contribution in [0.15, 0.2) is 12.4 Å². The number of nitrogens with two attached hydrogens (primary N) is 2. The number of anilines is 1. The van der Waals surface area contributed by atoms with E-state index in [9.17, 15) is 0 Å². The molecule has 0 radical (unpaired) electrons. The predicted molar refractivity (Wildman–Crippen MR) is 33.3 cm³/mol. The van der Waals surface area contributed by atoms with Crippen LogP contribution in [0.3, 0.4) is 0 Å². The number of nitrogen functional groups attached to an aromatic ring is 1. The summed E-state index contributed by atoms with van der Waals surface area (Å²) in [6, 6.07) is 0. The minimum Gasteiger partial charge on any atom is -0.368 e. The van der Waals surface area contributed by atoms with Crippen molar-refractivity contribution in [2.75, 3.05) is 11.3 Å². The van der Waals surface area contributed by atoms with Crippen molar-refractivity contribution < 1.29 is 0 Å². The quantitative estimate of drug-likeness (QED) is 0.284. The first-order valence-corrected chi connectivity index (χ1v) is 2.35. The molecule has 0 saturated carbocycles. The lowest BCUT2D eigenvalue weighted by Gasteiger charge is -2.03. The van der Waals surface area contributed by atoms with Gasteiger partial charge in [0.2, 0.25) is 5.95 Å². The van der Waals surface area contributed by atoms with E-state index in [4.69, 9.17) is 11.6 Å². The van der Waals surface area contributed by atoms with Crippen LogP contribution in [0.1, 0.15) is 0 Å². The molecule has 0 aliphatic heterocycles. The smallest absolute Gasteiger partial charge is 0.220 e. The van der Waals surface area contributed by atoms with Crippen molar-refractivity contribution in [1.29, 1.82) is 0 Å². The minimum absolute atomic E-state index is 0.355. The molecule has 1 aromatic heterocycles. The van der Waals surface area contributed by atoms with Crippen molar-refractivity contribution in [1.82, 2.24) is 15.2 Å². The van der Waals surface area contributed by atoms with Crippen molar-refractivity contribution in [3.05, 3.63) is 12.4 Å². The molecule has 0 aliphatic rings. The molecule has 0 aromatic carbocycles. The van der Waals surface area contributed by atoms with Crippen LogP contribution < -0.4 is 22.6 Å². The van der Waals surface area contributed by atoms with Gasteiger partial charge < -0.3 is 5.73 Å². The minimum atomic E-state index is 0.355. The van der Waals surface area contributed by atoms with E-state index in [1.54, 1.807) is 12.4 Å². The molecular formula is C3H8N6. The fourth-order valence-electron chi connectivity index (χ4n) is 0.479. The van der Waals surface area contributed by atoms with Crippen LogP contribution in [0.25, 0.3) is 0 Å². The van der Waals surface area contributed by atoms with Crippen molar-refractivity contribution in [2.45, 2.75) is 0 Å². The van der Waals surface area contributed by atoms with Crippen LogP contribution in [0.4, 0.5) is 5.95 Å². The third kappa shape index (κ3) is 1.09. The molecule has 6 N–H and O–H groups in total. The molecule has 50 valence electrons. The summed E-state index contributed by atoms with van der Waals surface area (Å²) < 4.78 is 1.44. The fraction of sp³-hybridized carbons (Fsp3) is 0. The Labute approximate surface area is 51.8 Å². The lowest BCUT2D eigenvalue weighted by molar-refractivity contribution is 0.717. The van der Waals surface area contributed by atoms with Crippen LogP contribution in [0.5, 0.6) is 0 Å². The first-order chi connectivity index (χ1) is 4.34. The maximum Gasteiger partial charge on any atom is 0.220 e. The van der Waals surface area contributed by atoms with E-state index in [2.05, 4.69) is 16.1 Å². The summed E-state index contributed by atoms with van der Waals surface area (Å²) in [5.74, 6) is 5.28. The third-order valence-corrected chi connectivity index (χ3v) is 0.854. The van der Waals surface area contributed by atoms with Gasteiger partial charge in [0.15, 0.2) is 0 Å². The molecular weight excluding hydrogens is 120 g/mol. The van der Waals surface area contributed by atoms with Gasteiger partial charge in [0, 0.05) is 12.4 Å². The second kappa shape index (κ2) is 2.33. The molecule has 6 nitrogen and oxygen atoms in total. The number of hydrogen-bond donors (Lipinski definition) is 4. The molecule has 0 saturated heterocycles. The summed E-state index contributed by atoms with van der Waals surface area (Å²) in [6.07, 6.45) is 3.19. The van der Waals surface area contributed by atoms with E-state index in [-0.39, 0.29) is 0 Å². The highest BCUT2D eigenvalue weighted by Gasteiger charge is 1.91. The molecule has 6 heteroatoms. The molecule has 0 aliphatic carbocycles. The SMILES string of the molecule is NNNn1ccnc1N. The molecule has 0 unspecified atom stereocenters. The molecule has 1 rings (SSSR count). The van der Waals surface area contributed by atoms with Gasteiger partial charge in [0.1, 0.15) is 0 Å². The van der Waals surface area contributed by atoms with Crippen LogP contribution in [0, 0.1) is 0 Å². The van der Waals surface area contributed by atoms with Crippen LogP contribution >= 0.6 is 0 Å². The Hall–Kier alpha value is -1.27. The van der Waals surface area contributed by atoms with Gasteiger partial charge in [0.05, 0.1) is 0 Å². The van der Waals surface area contributed by atoms with E-state index >= 15 is 0 Å². The monoisotopic (exact) mass is 128 g/mol. The number of nitrogens with zero attached hydrogens (tertiary/aromatic N) is 2. The summed E-state index contributed by atoms with van der Waals surface area (Å²) in [4.78, 5) is 3.72. The van der Waals surface area contributed by atoms with Crippen LogP contribution in [-0.2, 0) is 0 Å². The van der Waals surface area contributed by atoms with Gasteiger partial charge in [-0.2, -0.15) is 5.53 Å². The Morgan fingerprint density at radius 1 is 1.67 bits per heavy atom. The van der Waals surface area contributed by atoms with Crippen molar-refractivity contribution >= 4 is 5.95 Å². The van der Waals surface area contributed by atoms with E-state index in [0.29, 0.717) is 5.95 Å². The highest BCUT2D eigenvalue weighted by atomic mass is 15.7. The summed E-state index contributed by atoms with van der Waals surface area (Å²) >= 11 is 0. The Morgan fingerprint density at radius 2 is 2.44 bits per heavy atom. The van der Waals surface area contributed by atoms with Crippen molar-refractivity contribution in [3.8, 4) is 0 Å². The van der Waals surface area contributed by atoms with E-state index in [1.807, 2.05) is 0 Å². The highest BCUT2D eigenvalue weighted by molar-refractivity contribution is 5.17. The number of rotatable bonds is 2. The molecule has 0 atom stereocenters. The lowest BCUT2D eigenvalue weighted by atomic mass is 11.0. The summed E-state index contributed by atoms with van der Waals surface area (Å²) in [5.41, 5.74) is 10.0. The van der Waals surface area contributed by atoms with Gasteiger partial charge in [-0.25, -0.2) is 15.2 Å². The highest BCUT2D eigenvalue weighted by Crippen LogP contribution is 1.90. The number of nitrogens with one attached hydrogen (secondary N) is 2. The topological polar surface area (TPSA) is 93.9 Å². The second-order valence-electron chi connectivity index (χ2n) is 1.41. The van der Waals surface area contributed by atoms with Gasteiger partial charge in [-0.05, 0) is 0 Å². The Bertz CT molecular complexity index is 180. The summed E-state index contributed by atoms with van der Waals surface area (Å²) in [7, 11) is 0. The molecule has 0 fully saturated rings.